The molecule has 1 N–H and O–H groups in total. The molecule has 0 fully saturated rings. The lowest BCUT2D eigenvalue weighted by Gasteiger charge is -2.06. The van der Waals surface area contributed by atoms with Gasteiger partial charge in [0.2, 0.25) is 0 Å². The highest BCUT2D eigenvalue weighted by molar-refractivity contribution is 7.17. The molecule has 2 heterocycles. The topological polar surface area (TPSA) is 37.8 Å². The first-order valence-electron chi connectivity index (χ1n) is 6.86. The van der Waals surface area contributed by atoms with Gasteiger partial charge >= 0.3 is 0 Å². The van der Waals surface area contributed by atoms with Gasteiger partial charge in [-0.1, -0.05) is 20.8 Å². The first kappa shape index (κ1) is 14.5. The zero-order chi connectivity index (χ0) is 13.8. The molecule has 0 saturated heterocycles. The predicted octanol–water partition coefficient (Wildman–Crippen LogP) is 4.77. The van der Waals surface area contributed by atoms with Crippen LogP contribution in [0, 0.1) is 0 Å². The van der Waals surface area contributed by atoms with Gasteiger partial charge in [0.05, 0.1) is 21.3 Å². The minimum absolute atomic E-state index is 0.589. The molecule has 0 atom stereocenters. The fourth-order valence-corrected chi connectivity index (χ4v) is 4.23. The van der Waals surface area contributed by atoms with Crippen molar-refractivity contribution in [3.63, 3.8) is 0 Å². The van der Waals surface area contributed by atoms with Crippen LogP contribution in [0.2, 0.25) is 0 Å². The Morgan fingerprint density at radius 3 is 2.47 bits per heavy atom. The highest BCUT2D eigenvalue weighted by Gasteiger charge is 2.18. The number of thiazole rings is 2. The van der Waals surface area contributed by atoms with Crippen LogP contribution in [0.4, 0.5) is 5.13 Å². The van der Waals surface area contributed by atoms with Gasteiger partial charge in [-0.15, -0.1) is 22.7 Å². The largest absolute Gasteiger partial charge is 0.365 e. The lowest BCUT2D eigenvalue weighted by molar-refractivity contribution is 0.635. The monoisotopic (exact) mass is 295 g/mol. The molecule has 0 aromatic carbocycles. The number of nitrogens with zero attached hydrogens (tertiary/aromatic N) is 2. The Hall–Kier alpha value is -0.940. The van der Waals surface area contributed by atoms with Gasteiger partial charge < -0.3 is 5.32 Å². The molecular weight excluding hydrogens is 274 g/mol. The van der Waals surface area contributed by atoms with Gasteiger partial charge in [-0.2, -0.15) is 0 Å². The van der Waals surface area contributed by atoms with Crippen LogP contribution < -0.4 is 5.32 Å². The van der Waals surface area contributed by atoms with Gasteiger partial charge in [0.25, 0.3) is 0 Å². The highest BCUT2D eigenvalue weighted by atomic mass is 32.1. The Balaban J connectivity index is 2.39. The third kappa shape index (κ3) is 2.98. The molecule has 0 aliphatic rings. The average molecular weight is 295 g/mol. The van der Waals surface area contributed by atoms with Crippen molar-refractivity contribution in [2.45, 2.75) is 46.0 Å². The maximum Gasteiger partial charge on any atom is 0.182 e. The summed E-state index contributed by atoms with van der Waals surface area (Å²) in [4.78, 5) is 10.7. The molecule has 0 aliphatic carbocycles. The fraction of sp³-hybridized carbons (Fsp3) is 0.571. The van der Waals surface area contributed by atoms with Gasteiger partial charge in [0.1, 0.15) is 0 Å². The molecule has 0 aliphatic heterocycles. The molecule has 19 heavy (non-hydrogen) atoms. The number of hydrogen-bond donors (Lipinski definition) is 1. The number of anilines is 1. The van der Waals surface area contributed by atoms with Crippen molar-refractivity contribution in [3.05, 3.63) is 16.1 Å². The van der Waals surface area contributed by atoms with E-state index in [1.54, 1.807) is 11.3 Å². The summed E-state index contributed by atoms with van der Waals surface area (Å²) in [5.41, 5.74) is 2.26. The van der Waals surface area contributed by atoms with Crippen molar-refractivity contribution in [2.75, 3.05) is 12.4 Å². The molecule has 3 nitrogen and oxygen atoms in total. The third-order valence-corrected chi connectivity index (χ3v) is 5.48. The van der Waals surface area contributed by atoms with E-state index in [0.29, 0.717) is 5.92 Å². The van der Waals surface area contributed by atoms with Crippen molar-refractivity contribution >= 4 is 27.8 Å². The van der Waals surface area contributed by atoms with Crippen LogP contribution in [0.15, 0.2) is 5.38 Å². The minimum atomic E-state index is 0.589. The first-order chi connectivity index (χ1) is 9.23. The fourth-order valence-electron chi connectivity index (χ4n) is 2.12. The second-order valence-corrected chi connectivity index (χ2v) is 6.37. The van der Waals surface area contributed by atoms with Crippen LogP contribution in [0.1, 0.15) is 50.2 Å². The second-order valence-electron chi connectivity index (χ2n) is 4.48. The van der Waals surface area contributed by atoms with E-state index in [2.05, 4.69) is 36.5 Å². The van der Waals surface area contributed by atoms with Crippen molar-refractivity contribution in [1.82, 2.24) is 9.97 Å². The van der Waals surface area contributed by atoms with Gasteiger partial charge in [0.15, 0.2) is 5.13 Å². The van der Waals surface area contributed by atoms with Crippen molar-refractivity contribution in [3.8, 4) is 10.6 Å². The number of aryl methyl sites for hydroxylation is 1. The van der Waals surface area contributed by atoms with Crippen LogP contribution in [-0.2, 0) is 6.42 Å². The Labute approximate surface area is 123 Å². The number of nitrogens with one attached hydrogen (secondary N) is 1. The summed E-state index contributed by atoms with van der Waals surface area (Å²) in [5, 5.41) is 7.46. The van der Waals surface area contributed by atoms with Gasteiger partial charge in [-0.05, 0) is 19.3 Å². The number of hydrogen-bond acceptors (Lipinski definition) is 5. The lowest BCUT2D eigenvalue weighted by atomic mass is 10.1. The molecule has 0 amide bonds. The number of rotatable bonds is 6. The summed E-state index contributed by atoms with van der Waals surface area (Å²) in [6.45, 7) is 6.65. The molecule has 2 aromatic rings. The summed E-state index contributed by atoms with van der Waals surface area (Å²) in [6.07, 6.45) is 3.29. The van der Waals surface area contributed by atoms with E-state index in [0.717, 1.165) is 30.1 Å². The predicted molar refractivity (Wildman–Crippen MR) is 85.5 cm³/mol. The van der Waals surface area contributed by atoms with E-state index in [4.69, 9.17) is 4.98 Å². The van der Waals surface area contributed by atoms with Crippen LogP contribution in [0.3, 0.4) is 0 Å². The van der Waals surface area contributed by atoms with Crippen molar-refractivity contribution in [1.29, 1.82) is 0 Å². The Morgan fingerprint density at radius 1 is 1.21 bits per heavy atom. The normalized spacial score (nSPS) is 11.2. The summed E-state index contributed by atoms with van der Waals surface area (Å²) in [6, 6.07) is 0. The maximum absolute atomic E-state index is 4.84. The molecule has 0 bridgehead atoms. The molecule has 2 aromatic heterocycles. The van der Waals surface area contributed by atoms with Crippen molar-refractivity contribution < 1.29 is 0 Å². The van der Waals surface area contributed by atoms with E-state index in [1.165, 1.54) is 15.6 Å². The molecular formula is C14H21N3S2. The quantitative estimate of drug-likeness (QED) is 0.833. The van der Waals surface area contributed by atoms with Crippen LogP contribution >= 0.6 is 22.7 Å². The van der Waals surface area contributed by atoms with Crippen molar-refractivity contribution in [2.24, 2.45) is 0 Å². The SMILES string of the molecule is CCc1nc(C(CC)CC)sc1-c1csc(NC)n1. The molecule has 0 saturated carbocycles. The summed E-state index contributed by atoms with van der Waals surface area (Å²) >= 11 is 3.47. The van der Waals surface area contributed by atoms with Crippen LogP contribution in [-0.4, -0.2) is 17.0 Å². The zero-order valence-corrected chi connectivity index (χ0v) is 13.6. The lowest BCUT2D eigenvalue weighted by Crippen LogP contribution is -1.94. The van der Waals surface area contributed by atoms with E-state index >= 15 is 0 Å². The smallest absolute Gasteiger partial charge is 0.182 e. The van der Waals surface area contributed by atoms with E-state index in [9.17, 15) is 0 Å². The molecule has 104 valence electrons. The molecule has 2 rings (SSSR count). The van der Waals surface area contributed by atoms with E-state index in [1.807, 2.05) is 18.4 Å². The first-order valence-corrected chi connectivity index (χ1v) is 8.56. The number of aromatic nitrogens is 2. The van der Waals surface area contributed by atoms with Gasteiger partial charge in [0, 0.05) is 18.3 Å². The molecule has 0 spiro atoms. The van der Waals surface area contributed by atoms with Gasteiger partial charge in [-0.25, -0.2) is 9.97 Å². The average Bonchev–Trinajstić information content (AvgIpc) is 3.06. The maximum atomic E-state index is 4.84. The van der Waals surface area contributed by atoms with E-state index < -0.39 is 0 Å². The third-order valence-electron chi connectivity index (χ3n) is 3.33. The molecule has 0 radical (unpaired) electrons. The summed E-state index contributed by atoms with van der Waals surface area (Å²) < 4.78 is 0. The van der Waals surface area contributed by atoms with E-state index in [-0.39, 0.29) is 0 Å². The summed E-state index contributed by atoms with van der Waals surface area (Å²) in [5.74, 6) is 0.589. The van der Waals surface area contributed by atoms with Gasteiger partial charge in [-0.3, -0.25) is 0 Å². The highest BCUT2D eigenvalue weighted by Crippen LogP contribution is 2.37. The Kier molecular flexibility index (Phi) is 4.93. The zero-order valence-electron chi connectivity index (χ0n) is 12.0. The Morgan fingerprint density at radius 2 is 1.95 bits per heavy atom. The minimum Gasteiger partial charge on any atom is -0.365 e. The second kappa shape index (κ2) is 6.48. The van der Waals surface area contributed by atoms with Crippen LogP contribution in [0.25, 0.3) is 10.6 Å². The molecule has 5 heteroatoms. The summed E-state index contributed by atoms with van der Waals surface area (Å²) in [7, 11) is 1.91. The van der Waals surface area contributed by atoms with Crippen LogP contribution in [0.5, 0.6) is 0 Å². The standard InChI is InChI=1S/C14H21N3S2/c1-5-9(6-2)13-16-10(7-3)12(19-13)11-8-18-14(15-4)17-11/h8-9H,5-7H2,1-4H3,(H,15,17). The molecule has 0 unspecified atom stereocenters. The Bertz CT molecular complexity index is 527.